The van der Waals surface area contributed by atoms with Crippen molar-refractivity contribution < 1.29 is 13.9 Å². The highest BCUT2D eigenvalue weighted by atomic mass is 79.9. The number of rotatable bonds is 3. The molecule has 3 aromatic rings. The Kier molecular flexibility index (Phi) is 4.49. The Morgan fingerprint density at radius 3 is 2.69 bits per heavy atom. The second-order valence-electron chi connectivity index (χ2n) is 5.53. The Morgan fingerprint density at radius 1 is 1.04 bits per heavy atom. The number of aliphatic imine (C=N–C) groups is 1. The molecule has 0 unspecified atom stereocenters. The second-order valence-corrected chi connectivity index (χ2v) is 6.82. The summed E-state index contributed by atoms with van der Waals surface area (Å²) in [4.78, 5) is 16.3. The molecule has 1 aliphatic heterocycles. The van der Waals surface area contributed by atoms with E-state index in [2.05, 4.69) is 20.9 Å². The van der Waals surface area contributed by atoms with Crippen LogP contribution in [0.1, 0.15) is 11.3 Å². The molecule has 128 valence electrons. The predicted molar refractivity (Wildman–Crippen MR) is 104 cm³/mol. The average molecular weight is 429 g/mol. The number of benzene rings is 2. The van der Waals surface area contributed by atoms with Gasteiger partial charge >= 0.3 is 5.97 Å². The van der Waals surface area contributed by atoms with E-state index in [9.17, 15) is 4.79 Å². The van der Waals surface area contributed by atoms with Crippen LogP contribution >= 0.6 is 27.5 Å². The normalized spacial score (nSPS) is 15.2. The van der Waals surface area contributed by atoms with Gasteiger partial charge in [-0.05, 0) is 36.4 Å². The molecule has 2 aromatic carbocycles. The van der Waals surface area contributed by atoms with Crippen LogP contribution in [-0.2, 0) is 9.53 Å². The highest BCUT2D eigenvalue weighted by Crippen LogP contribution is 2.30. The summed E-state index contributed by atoms with van der Waals surface area (Å²) in [5, 5.41) is 0.544. The van der Waals surface area contributed by atoms with Gasteiger partial charge in [-0.3, -0.25) is 0 Å². The second kappa shape index (κ2) is 6.94. The molecule has 2 heterocycles. The molecule has 0 spiro atoms. The van der Waals surface area contributed by atoms with Gasteiger partial charge in [0, 0.05) is 26.7 Å². The lowest BCUT2D eigenvalue weighted by molar-refractivity contribution is -0.129. The van der Waals surface area contributed by atoms with E-state index in [0.29, 0.717) is 22.1 Å². The minimum absolute atomic E-state index is 0.174. The number of hydrogen-bond acceptors (Lipinski definition) is 4. The Hall–Kier alpha value is -2.63. The number of nitrogens with zero attached hydrogens (tertiary/aromatic N) is 1. The first kappa shape index (κ1) is 16.8. The number of carbonyl (C=O) groups excluding carboxylic acids is 1. The van der Waals surface area contributed by atoms with E-state index >= 15 is 0 Å². The summed E-state index contributed by atoms with van der Waals surface area (Å²) < 4.78 is 12.0. The van der Waals surface area contributed by atoms with Crippen LogP contribution in [0.5, 0.6) is 0 Å². The molecule has 0 fully saturated rings. The van der Waals surface area contributed by atoms with Crippen molar-refractivity contribution in [2.75, 3.05) is 0 Å². The molecule has 0 saturated carbocycles. The third kappa shape index (κ3) is 3.36. The van der Waals surface area contributed by atoms with Crippen LogP contribution in [0.2, 0.25) is 5.02 Å². The first-order chi connectivity index (χ1) is 12.6. The molecule has 0 N–H and O–H groups in total. The molecule has 0 saturated heterocycles. The van der Waals surface area contributed by atoms with Crippen molar-refractivity contribution in [1.29, 1.82) is 0 Å². The van der Waals surface area contributed by atoms with E-state index < -0.39 is 5.97 Å². The number of carbonyl (C=O) groups is 1. The van der Waals surface area contributed by atoms with Crippen molar-refractivity contribution in [3.8, 4) is 11.3 Å². The minimum atomic E-state index is -0.529. The number of ether oxygens (including phenoxy) is 1. The van der Waals surface area contributed by atoms with Crippen LogP contribution in [0.3, 0.4) is 0 Å². The summed E-state index contributed by atoms with van der Waals surface area (Å²) in [7, 11) is 0. The minimum Gasteiger partial charge on any atom is -0.457 e. The summed E-state index contributed by atoms with van der Waals surface area (Å²) in [6.07, 6.45) is 1.56. The number of hydrogen-bond donors (Lipinski definition) is 0. The quantitative estimate of drug-likeness (QED) is 0.397. The summed E-state index contributed by atoms with van der Waals surface area (Å²) >= 11 is 9.47. The topological polar surface area (TPSA) is 51.8 Å². The van der Waals surface area contributed by atoms with Crippen LogP contribution in [0, 0.1) is 0 Å². The van der Waals surface area contributed by atoms with E-state index in [1.807, 2.05) is 30.3 Å². The lowest BCUT2D eigenvalue weighted by atomic mass is 10.2. The lowest BCUT2D eigenvalue weighted by Gasteiger charge is -1.99. The van der Waals surface area contributed by atoms with Gasteiger partial charge in [-0.15, -0.1) is 0 Å². The van der Waals surface area contributed by atoms with Gasteiger partial charge in [-0.25, -0.2) is 9.79 Å². The molecule has 26 heavy (non-hydrogen) atoms. The van der Waals surface area contributed by atoms with Gasteiger partial charge in [0.15, 0.2) is 5.70 Å². The van der Waals surface area contributed by atoms with Gasteiger partial charge < -0.3 is 9.15 Å². The number of cyclic esters (lactones) is 1. The number of furan rings is 1. The maximum Gasteiger partial charge on any atom is 0.363 e. The molecule has 4 nitrogen and oxygen atoms in total. The average Bonchev–Trinajstić information content (AvgIpc) is 3.23. The lowest BCUT2D eigenvalue weighted by Crippen LogP contribution is -2.05. The van der Waals surface area contributed by atoms with Gasteiger partial charge in [0.05, 0.1) is 0 Å². The first-order valence-corrected chi connectivity index (χ1v) is 8.90. The molecule has 6 heteroatoms. The molecule has 0 aliphatic carbocycles. The molecular formula is C20H11BrClNO3. The fourth-order valence-electron chi connectivity index (χ4n) is 2.53. The third-order valence-electron chi connectivity index (χ3n) is 3.74. The molecule has 0 bridgehead atoms. The van der Waals surface area contributed by atoms with E-state index in [1.54, 1.807) is 36.4 Å². The summed E-state index contributed by atoms with van der Waals surface area (Å²) in [6, 6.07) is 18.3. The Labute approximate surface area is 162 Å². The molecule has 0 amide bonds. The largest absolute Gasteiger partial charge is 0.457 e. The van der Waals surface area contributed by atoms with Crippen LogP contribution < -0.4 is 0 Å². The van der Waals surface area contributed by atoms with Crippen molar-refractivity contribution in [3.63, 3.8) is 0 Å². The fraction of sp³-hybridized carbons (Fsp3) is 0. The zero-order chi connectivity index (χ0) is 18.1. The monoisotopic (exact) mass is 427 g/mol. The van der Waals surface area contributed by atoms with Crippen molar-refractivity contribution in [3.05, 3.63) is 87.2 Å². The zero-order valence-electron chi connectivity index (χ0n) is 13.3. The van der Waals surface area contributed by atoms with Crippen molar-refractivity contribution in [2.45, 2.75) is 0 Å². The van der Waals surface area contributed by atoms with Crippen LogP contribution in [-0.4, -0.2) is 11.9 Å². The summed E-state index contributed by atoms with van der Waals surface area (Å²) in [5.41, 5.74) is 1.74. The van der Waals surface area contributed by atoms with Crippen molar-refractivity contribution in [1.82, 2.24) is 0 Å². The highest BCUT2D eigenvalue weighted by Gasteiger charge is 2.24. The first-order valence-electron chi connectivity index (χ1n) is 7.73. The Morgan fingerprint density at radius 2 is 1.88 bits per heavy atom. The standard InChI is InChI=1S/C20H11BrClNO3/c21-16-7-2-1-6-15(16)18-9-8-14(25-18)11-17-20(24)26-19(23-17)12-4-3-5-13(22)10-12/h1-11H. The third-order valence-corrected chi connectivity index (χ3v) is 4.66. The Balaban J connectivity index is 1.64. The van der Waals surface area contributed by atoms with Crippen LogP contribution in [0.4, 0.5) is 0 Å². The molecule has 0 radical (unpaired) electrons. The summed E-state index contributed by atoms with van der Waals surface area (Å²) in [6.45, 7) is 0. The highest BCUT2D eigenvalue weighted by molar-refractivity contribution is 9.10. The Bertz CT molecular complexity index is 1070. The maximum absolute atomic E-state index is 12.1. The maximum atomic E-state index is 12.1. The molecule has 1 aliphatic rings. The van der Waals surface area contributed by atoms with E-state index in [1.165, 1.54) is 0 Å². The summed E-state index contributed by atoms with van der Waals surface area (Å²) in [5.74, 6) is 0.897. The number of halogens is 2. The van der Waals surface area contributed by atoms with Gasteiger partial charge in [-0.1, -0.05) is 51.8 Å². The molecule has 1 aromatic heterocycles. The molecule has 0 atom stereocenters. The van der Waals surface area contributed by atoms with Crippen molar-refractivity contribution in [2.24, 2.45) is 4.99 Å². The van der Waals surface area contributed by atoms with Gasteiger partial charge in [0.1, 0.15) is 11.5 Å². The van der Waals surface area contributed by atoms with Crippen LogP contribution in [0.15, 0.2) is 80.2 Å². The molecular weight excluding hydrogens is 418 g/mol. The van der Waals surface area contributed by atoms with E-state index in [0.717, 1.165) is 10.0 Å². The number of esters is 1. The molecule has 4 rings (SSSR count). The van der Waals surface area contributed by atoms with E-state index in [-0.39, 0.29) is 11.6 Å². The predicted octanol–water partition coefficient (Wildman–Crippen LogP) is 5.71. The van der Waals surface area contributed by atoms with Gasteiger partial charge in [0.25, 0.3) is 0 Å². The fourth-order valence-corrected chi connectivity index (χ4v) is 3.20. The SMILES string of the molecule is O=C1OC(c2cccc(Cl)c2)=NC1=Cc1ccc(-c2ccccc2Br)o1. The zero-order valence-corrected chi connectivity index (χ0v) is 15.6. The van der Waals surface area contributed by atoms with Gasteiger partial charge in [0.2, 0.25) is 5.90 Å². The van der Waals surface area contributed by atoms with Gasteiger partial charge in [-0.2, -0.15) is 0 Å². The van der Waals surface area contributed by atoms with Crippen LogP contribution in [0.25, 0.3) is 17.4 Å². The smallest absolute Gasteiger partial charge is 0.363 e. The van der Waals surface area contributed by atoms with Crippen molar-refractivity contribution >= 4 is 45.5 Å². The van der Waals surface area contributed by atoms with E-state index in [4.69, 9.17) is 20.8 Å².